The van der Waals surface area contributed by atoms with Crippen molar-refractivity contribution >= 4 is 11.2 Å². The van der Waals surface area contributed by atoms with Gasteiger partial charge in [0.2, 0.25) is 0 Å². The fourth-order valence-electron chi connectivity index (χ4n) is 1.27. The van der Waals surface area contributed by atoms with Crippen molar-refractivity contribution in [2.75, 3.05) is 6.61 Å². The van der Waals surface area contributed by atoms with Crippen LogP contribution in [-0.2, 0) is 0 Å². The van der Waals surface area contributed by atoms with Crippen LogP contribution in [0.25, 0.3) is 11.2 Å². The van der Waals surface area contributed by atoms with Crippen LogP contribution < -0.4 is 15.9 Å². The topological polar surface area (TPSA) is 87.8 Å². The van der Waals surface area contributed by atoms with Crippen molar-refractivity contribution < 1.29 is 4.74 Å². The Balaban J connectivity index is 2.80. The van der Waals surface area contributed by atoms with Crippen molar-refractivity contribution in [1.82, 2.24) is 15.0 Å². The van der Waals surface area contributed by atoms with Gasteiger partial charge in [-0.3, -0.25) is 9.59 Å². The summed E-state index contributed by atoms with van der Waals surface area (Å²) >= 11 is 0. The maximum absolute atomic E-state index is 11.1. The highest BCUT2D eigenvalue weighted by atomic mass is 16.5. The van der Waals surface area contributed by atoms with Crippen LogP contribution in [0, 0.1) is 0 Å². The van der Waals surface area contributed by atoms with Gasteiger partial charge in [0.05, 0.1) is 6.61 Å². The summed E-state index contributed by atoms with van der Waals surface area (Å²) in [6.07, 6.45) is 1.50. The Kier molecular flexibility index (Phi) is 2.24. The van der Waals surface area contributed by atoms with Crippen LogP contribution in [0.2, 0.25) is 0 Å². The Morgan fingerprint density at radius 1 is 1.33 bits per heavy atom. The van der Waals surface area contributed by atoms with Crippen LogP contribution in [0.4, 0.5) is 0 Å². The number of H-pyrrole nitrogens is 2. The minimum Gasteiger partial charge on any atom is -0.491 e. The molecule has 2 aromatic rings. The highest BCUT2D eigenvalue weighted by molar-refractivity contribution is 5.76. The Hall–Kier alpha value is -2.11. The van der Waals surface area contributed by atoms with E-state index in [1.165, 1.54) is 6.20 Å². The highest BCUT2D eigenvalue weighted by Gasteiger charge is 2.05. The minimum absolute atomic E-state index is 0.311. The molecule has 0 unspecified atom stereocenters. The zero-order valence-electron chi connectivity index (χ0n) is 8.03. The second-order valence-corrected chi connectivity index (χ2v) is 2.87. The molecule has 0 amide bonds. The first-order chi connectivity index (χ1) is 7.22. The van der Waals surface area contributed by atoms with Gasteiger partial charge >= 0.3 is 11.1 Å². The summed E-state index contributed by atoms with van der Waals surface area (Å²) in [7, 11) is 0. The molecule has 6 heteroatoms. The van der Waals surface area contributed by atoms with E-state index in [1.54, 1.807) is 6.07 Å². The maximum Gasteiger partial charge on any atom is 0.315 e. The average Bonchev–Trinajstić information content (AvgIpc) is 2.21. The molecular formula is C9H9N3O3. The van der Waals surface area contributed by atoms with Crippen LogP contribution in [-0.4, -0.2) is 21.6 Å². The number of rotatable bonds is 2. The number of ether oxygens (including phenoxy) is 1. The van der Waals surface area contributed by atoms with Crippen molar-refractivity contribution in [3.63, 3.8) is 0 Å². The fourth-order valence-corrected chi connectivity index (χ4v) is 1.27. The third-order valence-corrected chi connectivity index (χ3v) is 1.89. The van der Waals surface area contributed by atoms with Crippen LogP contribution in [0.15, 0.2) is 21.9 Å². The lowest BCUT2D eigenvalue weighted by Crippen LogP contribution is -2.29. The average molecular weight is 207 g/mol. The van der Waals surface area contributed by atoms with E-state index < -0.39 is 11.1 Å². The number of nitrogens with zero attached hydrogens (tertiary/aromatic N) is 1. The molecule has 0 saturated heterocycles. The minimum atomic E-state index is -0.719. The van der Waals surface area contributed by atoms with Gasteiger partial charge in [-0.25, -0.2) is 4.98 Å². The fraction of sp³-hybridized carbons (Fsp3) is 0.222. The van der Waals surface area contributed by atoms with Gasteiger partial charge in [-0.15, -0.1) is 0 Å². The van der Waals surface area contributed by atoms with E-state index >= 15 is 0 Å². The Morgan fingerprint density at radius 3 is 2.80 bits per heavy atom. The lowest BCUT2D eigenvalue weighted by atomic mass is 10.4. The molecule has 0 bridgehead atoms. The first-order valence-corrected chi connectivity index (χ1v) is 4.46. The molecule has 0 radical (unpaired) electrons. The number of hydrogen-bond acceptors (Lipinski definition) is 4. The SMILES string of the molecule is CCOc1ccnc2[nH]c(=O)c(=O)[nH]c12. The Bertz CT molecular complexity index is 599. The van der Waals surface area contributed by atoms with E-state index in [1.807, 2.05) is 6.92 Å². The van der Waals surface area contributed by atoms with Gasteiger partial charge in [0.15, 0.2) is 5.65 Å². The summed E-state index contributed by atoms with van der Waals surface area (Å²) < 4.78 is 5.28. The van der Waals surface area contributed by atoms with E-state index in [4.69, 9.17) is 4.74 Å². The largest absolute Gasteiger partial charge is 0.491 e. The van der Waals surface area contributed by atoms with Crippen molar-refractivity contribution in [3.05, 3.63) is 33.0 Å². The lowest BCUT2D eigenvalue weighted by Gasteiger charge is -2.04. The first kappa shape index (κ1) is 9.45. The predicted octanol–water partition coefficient (Wildman–Crippen LogP) is 0.0101. The van der Waals surface area contributed by atoms with Crippen molar-refractivity contribution in [2.45, 2.75) is 6.92 Å². The molecule has 2 heterocycles. The smallest absolute Gasteiger partial charge is 0.315 e. The molecule has 15 heavy (non-hydrogen) atoms. The summed E-state index contributed by atoms with van der Waals surface area (Å²) in [6.45, 7) is 2.30. The van der Waals surface area contributed by atoms with Crippen molar-refractivity contribution in [3.8, 4) is 5.75 Å². The van der Waals surface area contributed by atoms with E-state index in [0.717, 1.165) is 0 Å². The molecule has 6 nitrogen and oxygen atoms in total. The number of hydrogen-bond donors (Lipinski definition) is 2. The van der Waals surface area contributed by atoms with Crippen molar-refractivity contribution in [1.29, 1.82) is 0 Å². The third-order valence-electron chi connectivity index (χ3n) is 1.89. The maximum atomic E-state index is 11.1. The van der Waals surface area contributed by atoms with Crippen LogP contribution in [0.5, 0.6) is 5.75 Å². The molecule has 0 saturated carbocycles. The molecule has 0 spiro atoms. The van der Waals surface area contributed by atoms with Crippen LogP contribution in [0.1, 0.15) is 6.92 Å². The van der Waals surface area contributed by atoms with E-state index in [0.29, 0.717) is 23.5 Å². The normalized spacial score (nSPS) is 10.5. The van der Waals surface area contributed by atoms with Gasteiger partial charge in [-0.05, 0) is 6.92 Å². The Morgan fingerprint density at radius 2 is 2.07 bits per heavy atom. The molecule has 2 rings (SSSR count). The van der Waals surface area contributed by atoms with Crippen LogP contribution in [0.3, 0.4) is 0 Å². The number of aromatic nitrogens is 3. The number of pyridine rings is 1. The summed E-state index contributed by atoms with van der Waals surface area (Å²) in [4.78, 5) is 30.8. The molecule has 78 valence electrons. The van der Waals surface area contributed by atoms with E-state index in [9.17, 15) is 9.59 Å². The van der Waals surface area contributed by atoms with Gasteiger partial charge in [0.1, 0.15) is 11.3 Å². The first-order valence-electron chi connectivity index (χ1n) is 4.46. The Labute approximate surface area is 83.9 Å². The number of fused-ring (bicyclic) bond motifs is 1. The van der Waals surface area contributed by atoms with Gasteiger partial charge < -0.3 is 14.7 Å². The molecular weight excluding hydrogens is 198 g/mol. The second kappa shape index (κ2) is 3.56. The van der Waals surface area contributed by atoms with Gasteiger partial charge in [0, 0.05) is 12.3 Å². The molecule has 2 N–H and O–H groups in total. The third kappa shape index (κ3) is 1.61. The second-order valence-electron chi connectivity index (χ2n) is 2.87. The zero-order chi connectivity index (χ0) is 10.8. The quantitative estimate of drug-likeness (QED) is 0.679. The van der Waals surface area contributed by atoms with Crippen LogP contribution >= 0.6 is 0 Å². The molecule has 0 fully saturated rings. The summed E-state index contributed by atoms with van der Waals surface area (Å²) in [5.41, 5.74) is -0.713. The summed E-state index contributed by atoms with van der Waals surface area (Å²) in [5, 5.41) is 0. The summed E-state index contributed by atoms with van der Waals surface area (Å²) in [6, 6.07) is 1.63. The molecule has 0 aliphatic carbocycles. The standard InChI is InChI=1S/C9H9N3O3/c1-2-15-5-3-4-10-7-6(5)11-8(13)9(14)12-7/h3-4H,2H2,1H3,(H,11,13)(H,10,12,14). The van der Waals surface area contributed by atoms with E-state index in [2.05, 4.69) is 15.0 Å². The molecule has 0 aliphatic heterocycles. The summed E-state index contributed by atoms with van der Waals surface area (Å²) in [5.74, 6) is 0.496. The number of nitrogens with one attached hydrogen (secondary N) is 2. The van der Waals surface area contributed by atoms with Gasteiger partial charge in [-0.1, -0.05) is 0 Å². The molecule has 0 aromatic carbocycles. The molecule has 0 atom stereocenters. The monoisotopic (exact) mass is 207 g/mol. The lowest BCUT2D eigenvalue weighted by molar-refractivity contribution is 0.343. The molecule has 0 aliphatic rings. The highest BCUT2D eigenvalue weighted by Crippen LogP contribution is 2.17. The van der Waals surface area contributed by atoms with E-state index in [-0.39, 0.29) is 0 Å². The van der Waals surface area contributed by atoms with Gasteiger partial charge in [0.25, 0.3) is 0 Å². The number of aromatic amines is 2. The van der Waals surface area contributed by atoms with Gasteiger partial charge in [-0.2, -0.15) is 0 Å². The van der Waals surface area contributed by atoms with Crippen molar-refractivity contribution in [2.24, 2.45) is 0 Å². The molecule has 2 aromatic heterocycles. The zero-order valence-corrected chi connectivity index (χ0v) is 8.03. The predicted molar refractivity (Wildman–Crippen MR) is 54.2 cm³/mol.